The third-order valence-corrected chi connectivity index (χ3v) is 2.51. The number of carboxylic acid groups (broad SMARTS) is 1. The summed E-state index contributed by atoms with van der Waals surface area (Å²) in [5.74, 6) is -0.582. The Morgan fingerprint density at radius 2 is 2.22 bits per heavy atom. The molecule has 1 N–H and O–H groups in total. The van der Waals surface area contributed by atoms with Crippen LogP contribution in [0.15, 0.2) is 28.7 Å². The Kier molecular flexibility index (Phi) is 3.53. The molecular weight excluding hydrogens is 234 g/mol. The van der Waals surface area contributed by atoms with Gasteiger partial charge in [0.15, 0.2) is 11.3 Å². The number of carbonyl (C=O) groups is 1. The van der Waals surface area contributed by atoms with Gasteiger partial charge in [-0.05, 0) is 26.2 Å². The van der Waals surface area contributed by atoms with Crippen molar-refractivity contribution < 1.29 is 19.1 Å². The maximum atomic E-state index is 10.8. The molecule has 0 fully saturated rings. The molecule has 0 aliphatic heterocycles. The summed E-state index contributed by atoms with van der Waals surface area (Å²) in [5.41, 5.74) is 0.480. The van der Waals surface area contributed by atoms with Gasteiger partial charge in [-0.15, -0.1) is 0 Å². The molecule has 5 nitrogen and oxygen atoms in total. The van der Waals surface area contributed by atoms with Gasteiger partial charge >= 0.3 is 5.97 Å². The predicted molar refractivity (Wildman–Crippen MR) is 67.2 cm³/mol. The minimum Gasteiger partial charge on any atom is -0.488 e. The molecule has 0 amide bonds. The average Bonchev–Trinajstić information content (AvgIpc) is 2.73. The number of rotatable bonds is 5. The first-order valence-corrected chi connectivity index (χ1v) is 5.61. The Balaban J connectivity index is 2.24. The predicted octanol–water partition coefficient (Wildman–Crippen LogP) is 2.07. The van der Waals surface area contributed by atoms with E-state index in [0.29, 0.717) is 17.9 Å². The molecule has 0 atom stereocenters. The molecule has 0 saturated carbocycles. The number of fused-ring (bicyclic) bond motifs is 1. The molecule has 5 heteroatoms. The quantitative estimate of drug-likeness (QED) is 0.878. The van der Waals surface area contributed by atoms with Crippen LogP contribution in [0.25, 0.3) is 11.0 Å². The summed E-state index contributed by atoms with van der Waals surface area (Å²) in [6.07, 6.45) is 0. The monoisotopic (exact) mass is 249 g/mol. The van der Waals surface area contributed by atoms with E-state index >= 15 is 0 Å². The van der Waals surface area contributed by atoms with Crippen molar-refractivity contribution in [1.29, 1.82) is 0 Å². The second-order valence-electron chi connectivity index (χ2n) is 4.24. The normalized spacial score (nSPS) is 11.1. The second kappa shape index (κ2) is 5.10. The van der Waals surface area contributed by atoms with Crippen molar-refractivity contribution >= 4 is 16.9 Å². The molecule has 0 radical (unpaired) electrons. The van der Waals surface area contributed by atoms with Gasteiger partial charge in [-0.1, -0.05) is 12.1 Å². The zero-order valence-electron chi connectivity index (χ0n) is 10.3. The molecule has 1 heterocycles. The van der Waals surface area contributed by atoms with Crippen LogP contribution in [-0.2, 0) is 0 Å². The first-order valence-electron chi connectivity index (χ1n) is 5.61. The smallest absolute Gasteiger partial charge is 0.371 e. The maximum absolute atomic E-state index is 10.8. The number of ether oxygens (including phenoxy) is 1. The van der Waals surface area contributed by atoms with Crippen LogP contribution in [0.2, 0.25) is 0 Å². The van der Waals surface area contributed by atoms with E-state index in [-0.39, 0.29) is 5.76 Å². The number of hydrogen-bond donors (Lipinski definition) is 1. The highest BCUT2D eigenvalue weighted by Crippen LogP contribution is 2.28. The molecule has 96 valence electrons. The Bertz CT molecular complexity index is 559. The van der Waals surface area contributed by atoms with E-state index in [0.717, 1.165) is 11.9 Å². The van der Waals surface area contributed by atoms with Gasteiger partial charge in [-0.3, -0.25) is 0 Å². The number of likely N-dealkylation sites (N-methyl/N-ethyl adjacent to an activating group) is 1. The van der Waals surface area contributed by atoms with Crippen molar-refractivity contribution in [2.75, 3.05) is 27.2 Å². The van der Waals surface area contributed by atoms with Gasteiger partial charge in [0, 0.05) is 11.9 Å². The largest absolute Gasteiger partial charge is 0.488 e. The molecule has 0 saturated heterocycles. The van der Waals surface area contributed by atoms with E-state index in [4.69, 9.17) is 14.3 Å². The fourth-order valence-corrected chi connectivity index (χ4v) is 1.59. The van der Waals surface area contributed by atoms with E-state index < -0.39 is 5.97 Å². The lowest BCUT2D eigenvalue weighted by molar-refractivity contribution is 0.0665. The van der Waals surface area contributed by atoms with Crippen molar-refractivity contribution in [1.82, 2.24) is 4.90 Å². The highest BCUT2D eigenvalue weighted by molar-refractivity contribution is 5.93. The summed E-state index contributed by atoms with van der Waals surface area (Å²) in [5, 5.41) is 9.62. The topological polar surface area (TPSA) is 62.9 Å². The van der Waals surface area contributed by atoms with Gasteiger partial charge in [0.2, 0.25) is 5.76 Å². The summed E-state index contributed by atoms with van der Waals surface area (Å²) in [6.45, 7) is 1.30. The zero-order chi connectivity index (χ0) is 13.1. The first-order chi connectivity index (χ1) is 8.58. The van der Waals surface area contributed by atoms with Crippen molar-refractivity contribution in [3.63, 3.8) is 0 Å². The Labute approximate surface area is 105 Å². The SMILES string of the molecule is CN(C)CCOc1cccc2cc(C(=O)O)oc12. The molecule has 18 heavy (non-hydrogen) atoms. The van der Waals surface area contributed by atoms with E-state index in [1.165, 1.54) is 6.07 Å². The number of aromatic carboxylic acids is 1. The molecular formula is C13H15NO4. The van der Waals surface area contributed by atoms with Crippen LogP contribution in [0.3, 0.4) is 0 Å². The summed E-state index contributed by atoms with van der Waals surface area (Å²) >= 11 is 0. The Morgan fingerprint density at radius 3 is 2.89 bits per heavy atom. The van der Waals surface area contributed by atoms with Crippen molar-refractivity contribution in [2.45, 2.75) is 0 Å². The number of benzene rings is 1. The lowest BCUT2D eigenvalue weighted by atomic mass is 10.2. The molecule has 0 bridgehead atoms. The molecule has 2 rings (SSSR count). The van der Waals surface area contributed by atoms with Gasteiger partial charge in [0.05, 0.1) is 0 Å². The summed E-state index contributed by atoms with van der Waals surface area (Å²) in [6, 6.07) is 6.88. The third kappa shape index (κ3) is 2.62. The van der Waals surface area contributed by atoms with E-state index in [1.807, 2.05) is 25.1 Å². The minimum absolute atomic E-state index is 0.0753. The van der Waals surface area contributed by atoms with Crippen LogP contribution in [-0.4, -0.2) is 43.2 Å². The second-order valence-corrected chi connectivity index (χ2v) is 4.24. The highest BCUT2D eigenvalue weighted by atomic mass is 16.5. The molecule has 0 aliphatic rings. The van der Waals surface area contributed by atoms with Gasteiger partial charge < -0.3 is 19.2 Å². The number of furan rings is 1. The summed E-state index contributed by atoms with van der Waals surface area (Å²) in [4.78, 5) is 12.8. The number of carboxylic acids is 1. The van der Waals surface area contributed by atoms with Crippen LogP contribution in [0.4, 0.5) is 0 Å². The van der Waals surface area contributed by atoms with Crippen LogP contribution in [0.5, 0.6) is 5.75 Å². The van der Waals surface area contributed by atoms with Gasteiger partial charge in [0.1, 0.15) is 6.61 Å². The maximum Gasteiger partial charge on any atom is 0.371 e. The van der Waals surface area contributed by atoms with Gasteiger partial charge in [-0.25, -0.2) is 4.79 Å². The van der Waals surface area contributed by atoms with E-state index in [2.05, 4.69) is 0 Å². The summed E-state index contributed by atoms with van der Waals surface area (Å²) < 4.78 is 10.9. The minimum atomic E-state index is -1.08. The van der Waals surface area contributed by atoms with Crippen molar-refractivity contribution in [3.05, 3.63) is 30.0 Å². The van der Waals surface area contributed by atoms with Crippen LogP contribution in [0, 0.1) is 0 Å². The molecule has 1 aromatic heterocycles. The van der Waals surface area contributed by atoms with Crippen LogP contribution >= 0.6 is 0 Å². The Morgan fingerprint density at radius 1 is 1.44 bits per heavy atom. The highest BCUT2D eigenvalue weighted by Gasteiger charge is 2.13. The average molecular weight is 249 g/mol. The molecule has 1 aromatic carbocycles. The van der Waals surface area contributed by atoms with E-state index in [9.17, 15) is 4.79 Å². The molecule has 0 spiro atoms. The zero-order valence-corrected chi connectivity index (χ0v) is 10.3. The molecule has 0 unspecified atom stereocenters. The van der Waals surface area contributed by atoms with Gasteiger partial charge in [0.25, 0.3) is 0 Å². The first kappa shape index (κ1) is 12.4. The number of hydrogen-bond acceptors (Lipinski definition) is 4. The van der Waals surface area contributed by atoms with Crippen LogP contribution < -0.4 is 4.74 Å². The van der Waals surface area contributed by atoms with Crippen molar-refractivity contribution in [3.8, 4) is 5.75 Å². The Hall–Kier alpha value is -2.01. The fraction of sp³-hybridized carbons (Fsp3) is 0.308. The fourth-order valence-electron chi connectivity index (χ4n) is 1.59. The summed E-state index contributed by atoms with van der Waals surface area (Å²) in [7, 11) is 3.92. The van der Waals surface area contributed by atoms with Gasteiger partial charge in [-0.2, -0.15) is 0 Å². The molecule has 0 aliphatic carbocycles. The molecule has 2 aromatic rings. The van der Waals surface area contributed by atoms with Crippen molar-refractivity contribution in [2.24, 2.45) is 0 Å². The van der Waals surface area contributed by atoms with Crippen LogP contribution in [0.1, 0.15) is 10.6 Å². The standard InChI is InChI=1S/C13H15NO4/c1-14(2)6-7-17-10-5-3-4-9-8-11(13(15)16)18-12(9)10/h3-5,8H,6-7H2,1-2H3,(H,15,16). The number of para-hydroxylation sites is 1. The lowest BCUT2D eigenvalue weighted by Gasteiger charge is -2.10. The lowest BCUT2D eigenvalue weighted by Crippen LogP contribution is -2.19. The third-order valence-electron chi connectivity index (χ3n) is 2.51. The number of nitrogens with zero attached hydrogens (tertiary/aromatic N) is 1. The van der Waals surface area contributed by atoms with E-state index in [1.54, 1.807) is 12.1 Å².